The van der Waals surface area contributed by atoms with E-state index in [4.69, 9.17) is 11.6 Å². The molecule has 3 rings (SSSR count). The zero-order valence-corrected chi connectivity index (χ0v) is 21.4. The van der Waals surface area contributed by atoms with Crippen LogP contribution in [0.1, 0.15) is 44.2 Å². The van der Waals surface area contributed by atoms with Crippen molar-refractivity contribution in [2.45, 2.75) is 50.5 Å². The molecule has 0 radical (unpaired) electrons. The first-order chi connectivity index (χ1) is 16.1. The maximum Gasteiger partial charge on any atom is 0.243 e. The van der Waals surface area contributed by atoms with Gasteiger partial charge >= 0.3 is 0 Å². The minimum atomic E-state index is -3.82. The summed E-state index contributed by atoms with van der Waals surface area (Å²) in [5.74, 6) is -0.100. The number of nitrogens with zero attached hydrogens (tertiary/aromatic N) is 2. The molecule has 0 spiro atoms. The van der Waals surface area contributed by atoms with E-state index in [0.717, 1.165) is 11.1 Å². The maximum absolute atomic E-state index is 13.4. The monoisotopic (exact) mass is 505 g/mol. The summed E-state index contributed by atoms with van der Waals surface area (Å²) in [5, 5.41) is 3.50. The van der Waals surface area contributed by atoms with Crippen LogP contribution in [0.3, 0.4) is 0 Å². The molecule has 0 unspecified atom stereocenters. The summed E-state index contributed by atoms with van der Waals surface area (Å²) in [7, 11) is -3.82. The summed E-state index contributed by atoms with van der Waals surface area (Å²) in [6.07, 6.45) is 0.587. The van der Waals surface area contributed by atoms with E-state index >= 15 is 0 Å². The Bertz CT molecular complexity index is 1120. The SMILES string of the molecule is CC(=O)N1CCN(S(=O)(=O)c2ccc(C(C)C)cc2)[C@@H](CC(=O)NCCc2cccc(Cl)c2)C1. The fraction of sp³-hybridized carbons (Fsp3) is 0.440. The van der Waals surface area contributed by atoms with Crippen LogP contribution in [-0.2, 0) is 26.0 Å². The summed E-state index contributed by atoms with van der Waals surface area (Å²) >= 11 is 6.01. The predicted octanol–water partition coefficient (Wildman–Crippen LogP) is 3.43. The number of hydrogen-bond donors (Lipinski definition) is 1. The van der Waals surface area contributed by atoms with E-state index in [1.807, 2.05) is 44.2 Å². The van der Waals surface area contributed by atoms with Crippen LogP contribution in [0.25, 0.3) is 0 Å². The summed E-state index contributed by atoms with van der Waals surface area (Å²) in [6.45, 7) is 6.58. The molecule has 2 amide bonds. The summed E-state index contributed by atoms with van der Waals surface area (Å²) in [5.41, 5.74) is 2.05. The molecule has 2 aromatic rings. The molecule has 7 nitrogen and oxygen atoms in total. The zero-order valence-electron chi connectivity index (χ0n) is 19.8. The number of rotatable bonds is 8. The fourth-order valence-corrected chi connectivity index (χ4v) is 5.91. The first-order valence-corrected chi connectivity index (χ1v) is 13.3. The summed E-state index contributed by atoms with van der Waals surface area (Å²) < 4.78 is 28.3. The molecule has 1 fully saturated rings. The molecule has 1 N–H and O–H groups in total. The van der Waals surface area contributed by atoms with Gasteiger partial charge in [0.15, 0.2) is 0 Å². The van der Waals surface area contributed by atoms with Crippen LogP contribution in [0.2, 0.25) is 5.02 Å². The molecule has 34 heavy (non-hydrogen) atoms. The molecule has 184 valence electrons. The number of piperazine rings is 1. The Labute approximate surface area is 207 Å². The number of hydrogen-bond acceptors (Lipinski definition) is 4. The van der Waals surface area contributed by atoms with Crippen molar-refractivity contribution in [2.75, 3.05) is 26.2 Å². The lowest BCUT2D eigenvalue weighted by atomic mass is 10.0. The smallest absolute Gasteiger partial charge is 0.243 e. The van der Waals surface area contributed by atoms with E-state index in [0.29, 0.717) is 30.5 Å². The van der Waals surface area contributed by atoms with Crippen LogP contribution in [0.15, 0.2) is 53.4 Å². The normalized spacial score (nSPS) is 17.1. The van der Waals surface area contributed by atoms with Gasteiger partial charge in [-0.2, -0.15) is 4.31 Å². The Balaban J connectivity index is 1.71. The number of amides is 2. The van der Waals surface area contributed by atoms with Crippen LogP contribution in [0.5, 0.6) is 0 Å². The second-order valence-electron chi connectivity index (χ2n) is 8.89. The standard InChI is InChI=1S/C25H32ClN3O4S/c1-18(2)21-7-9-24(10-8-21)34(32,33)29-14-13-28(19(3)30)17-23(29)16-25(31)27-12-11-20-5-4-6-22(26)15-20/h4-10,15,18,23H,11-14,16-17H2,1-3H3,(H,27,31)/t23-/m0/s1. The average molecular weight is 506 g/mol. The molecule has 1 saturated heterocycles. The van der Waals surface area contributed by atoms with E-state index in [2.05, 4.69) is 5.32 Å². The Kier molecular flexibility index (Phi) is 8.73. The van der Waals surface area contributed by atoms with Gasteiger partial charge in [0.25, 0.3) is 0 Å². The first kappa shape index (κ1) is 26.2. The third kappa shape index (κ3) is 6.58. The van der Waals surface area contributed by atoms with Gasteiger partial charge in [-0.15, -0.1) is 0 Å². The average Bonchev–Trinajstić information content (AvgIpc) is 2.79. The lowest BCUT2D eigenvalue weighted by Gasteiger charge is -2.40. The first-order valence-electron chi connectivity index (χ1n) is 11.5. The van der Waals surface area contributed by atoms with E-state index in [9.17, 15) is 18.0 Å². The number of nitrogens with one attached hydrogen (secondary N) is 1. The number of carbonyl (C=O) groups excluding carboxylic acids is 2. The van der Waals surface area contributed by atoms with Crippen LogP contribution in [0, 0.1) is 0 Å². The van der Waals surface area contributed by atoms with Crippen molar-refractivity contribution in [1.82, 2.24) is 14.5 Å². The third-order valence-corrected chi connectivity index (χ3v) is 8.27. The van der Waals surface area contributed by atoms with Crippen LogP contribution in [-0.4, -0.2) is 61.7 Å². The van der Waals surface area contributed by atoms with E-state index in [1.54, 1.807) is 23.1 Å². The molecule has 0 saturated carbocycles. The fourth-order valence-electron chi connectivity index (χ4n) is 4.09. The second kappa shape index (κ2) is 11.3. The van der Waals surface area contributed by atoms with Crippen LogP contribution < -0.4 is 5.32 Å². The van der Waals surface area contributed by atoms with Gasteiger partial charge in [-0.05, 0) is 47.7 Å². The lowest BCUT2D eigenvalue weighted by molar-refractivity contribution is -0.132. The largest absolute Gasteiger partial charge is 0.356 e. The molecule has 9 heteroatoms. The summed E-state index contributed by atoms with van der Waals surface area (Å²) in [6, 6.07) is 13.7. The minimum absolute atomic E-state index is 0.0252. The van der Waals surface area contributed by atoms with Gasteiger partial charge < -0.3 is 10.2 Å². The highest BCUT2D eigenvalue weighted by Crippen LogP contribution is 2.25. The highest BCUT2D eigenvalue weighted by molar-refractivity contribution is 7.89. The Morgan fingerprint density at radius 1 is 1.12 bits per heavy atom. The van der Waals surface area contributed by atoms with Crippen LogP contribution in [0.4, 0.5) is 0 Å². The van der Waals surface area contributed by atoms with Crippen molar-refractivity contribution in [3.05, 3.63) is 64.7 Å². The molecular weight excluding hydrogens is 474 g/mol. The Morgan fingerprint density at radius 2 is 1.82 bits per heavy atom. The van der Waals surface area contributed by atoms with Crippen molar-refractivity contribution < 1.29 is 18.0 Å². The van der Waals surface area contributed by atoms with Crippen molar-refractivity contribution in [3.63, 3.8) is 0 Å². The van der Waals surface area contributed by atoms with Crippen LogP contribution >= 0.6 is 11.6 Å². The molecule has 0 bridgehead atoms. The van der Waals surface area contributed by atoms with Crippen molar-refractivity contribution >= 4 is 33.4 Å². The van der Waals surface area contributed by atoms with Gasteiger partial charge in [0.1, 0.15) is 0 Å². The molecular formula is C25H32ClN3O4S. The highest BCUT2D eigenvalue weighted by Gasteiger charge is 2.37. The topological polar surface area (TPSA) is 86.8 Å². The maximum atomic E-state index is 13.4. The van der Waals surface area contributed by atoms with Crippen molar-refractivity contribution in [2.24, 2.45) is 0 Å². The van der Waals surface area contributed by atoms with Gasteiger partial charge in [0.2, 0.25) is 21.8 Å². The van der Waals surface area contributed by atoms with Gasteiger partial charge in [-0.1, -0.05) is 49.7 Å². The Hall–Kier alpha value is -2.42. The minimum Gasteiger partial charge on any atom is -0.356 e. The zero-order chi connectivity index (χ0) is 24.9. The van der Waals surface area contributed by atoms with Gasteiger partial charge in [-0.3, -0.25) is 9.59 Å². The second-order valence-corrected chi connectivity index (χ2v) is 11.2. The molecule has 2 aromatic carbocycles. The van der Waals surface area contributed by atoms with Crippen molar-refractivity contribution in [3.8, 4) is 0 Å². The number of sulfonamides is 1. The third-order valence-electron chi connectivity index (χ3n) is 6.07. The quantitative estimate of drug-likeness (QED) is 0.595. The molecule has 1 atom stereocenters. The summed E-state index contributed by atoms with van der Waals surface area (Å²) in [4.78, 5) is 26.5. The van der Waals surface area contributed by atoms with E-state index in [-0.39, 0.29) is 36.2 Å². The van der Waals surface area contributed by atoms with E-state index in [1.165, 1.54) is 11.2 Å². The highest BCUT2D eigenvalue weighted by atomic mass is 35.5. The molecule has 1 aliphatic heterocycles. The molecule has 1 heterocycles. The van der Waals surface area contributed by atoms with Gasteiger partial charge in [0, 0.05) is 44.5 Å². The number of benzene rings is 2. The molecule has 0 aromatic heterocycles. The molecule has 0 aliphatic carbocycles. The van der Waals surface area contributed by atoms with Gasteiger partial charge in [-0.25, -0.2) is 8.42 Å². The van der Waals surface area contributed by atoms with Gasteiger partial charge in [0.05, 0.1) is 10.9 Å². The predicted molar refractivity (Wildman–Crippen MR) is 133 cm³/mol. The van der Waals surface area contributed by atoms with E-state index < -0.39 is 16.1 Å². The Morgan fingerprint density at radius 3 is 2.44 bits per heavy atom. The lowest BCUT2D eigenvalue weighted by Crippen LogP contribution is -2.57. The molecule has 1 aliphatic rings. The number of carbonyl (C=O) groups is 2. The van der Waals surface area contributed by atoms with Crippen molar-refractivity contribution in [1.29, 1.82) is 0 Å². The number of halogens is 1.